The smallest absolute Gasteiger partial charge is 0.261 e. The Bertz CT molecular complexity index is 1140. The number of carbonyl (C=O) groups is 1. The van der Waals surface area contributed by atoms with Crippen molar-refractivity contribution in [3.63, 3.8) is 0 Å². The highest BCUT2D eigenvalue weighted by Gasteiger charge is 2.18. The van der Waals surface area contributed by atoms with Crippen LogP contribution in [0.3, 0.4) is 0 Å². The van der Waals surface area contributed by atoms with E-state index in [-0.39, 0.29) is 16.5 Å². The summed E-state index contributed by atoms with van der Waals surface area (Å²) in [5, 5.41) is 2.72. The molecule has 0 aliphatic rings. The van der Waals surface area contributed by atoms with Crippen molar-refractivity contribution < 1.29 is 22.7 Å². The molecule has 8 heteroatoms. The highest BCUT2D eigenvalue weighted by molar-refractivity contribution is 7.92. The zero-order valence-corrected chi connectivity index (χ0v) is 17.6. The standard InChI is InChI=1S/C22H22N2O5S/c1-15-4-6-16(7-5-15)22(25)23-20-14-19(12-13-21(20)29-3)30(26,27)24-17-8-10-18(28-2)11-9-17/h4-14,24H,1-3H3,(H,23,25). The van der Waals surface area contributed by atoms with Gasteiger partial charge in [-0.05, 0) is 61.5 Å². The number of anilines is 2. The molecule has 0 aliphatic heterocycles. The second kappa shape index (κ2) is 8.87. The van der Waals surface area contributed by atoms with Gasteiger partial charge in [-0.1, -0.05) is 17.7 Å². The summed E-state index contributed by atoms with van der Waals surface area (Å²) in [6, 6.07) is 17.8. The van der Waals surface area contributed by atoms with E-state index in [0.29, 0.717) is 22.7 Å². The van der Waals surface area contributed by atoms with Crippen molar-refractivity contribution >= 4 is 27.3 Å². The Morgan fingerprint density at radius 2 is 1.53 bits per heavy atom. The molecular formula is C22H22N2O5S. The Labute approximate surface area is 175 Å². The second-order valence-corrected chi connectivity index (χ2v) is 8.20. The Balaban J connectivity index is 1.86. The molecule has 156 valence electrons. The number of rotatable bonds is 7. The highest BCUT2D eigenvalue weighted by atomic mass is 32.2. The van der Waals surface area contributed by atoms with Crippen molar-refractivity contribution in [2.75, 3.05) is 24.3 Å². The third-order valence-corrected chi connectivity index (χ3v) is 5.76. The van der Waals surface area contributed by atoms with Gasteiger partial charge in [0.15, 0.2) is 0 Å². The number of hydrogen-bond acceptors (Lipinski definition) is 5. The van der Waals surface area contributed by atoms with Gasteiger partial charge in [0.25, 0.3) is 15.9 Å². The number of aryl methyl sites for hydroxylation is 1. The molecule has 7 nitrogen and oxygen atoms in total. The fraction of sp³-hybridized carbons (Fsp3) is 0.136. The van der Waals surface area contributed by atoms with E-state index >= 15 is 0 Å². The first-order valence-corrected chi connectivity index (χ1v) is 10.5. The number of hydrogen-bond donors (Lipinski definition) is 2. The third kappa shape index (κ3) is 4.90. The van der Waals surface area contributed by atoms with Crippen molar-refractivity contribution in [3.05, 3.63) is 77.9 Å². The first-order valence-electron chi connectivity index (χ1n) is 9.05. The zero-order chi connectivity index (χ0) is 21.7. The molecule has 0 radical (unpaired) electrons. The topological polar surface area (TPSA) is 93.7 Å². The lowest BCUT2D eigenvalue weighted by Gasteiger charge is -2.14. The van der Waals surface area contributed by atoms with Crippen molar-refractivity contribution in [1.29, 1.82) is 0 Å². The van der Waals surface area contributed by atoms with E-state index in [1.807, 2.05) is 19.1 Å². The van der Waals surface area contributed by atoms with Crippen LogP contribution in [0.25, 0.3) is 0 Å². The van der Waals surface area contributed by atoms with Crippen LogP contribution in [0.4, 0.5) is 11.4 Å². The molecule has 0 heterocycles. The summed E-state index contributed by atoms with van der Waals surface area (Å²) in [6.45, 7) is 1.93. The molecule has 0 saturated heterocycles. The van der Waals surface area contributed by atoms with Gasteiger partial charge in [0, 0.05) is 11.3 Å². The van der Waals surface area contributed by atoms with Gasteiger partial charge in [-0.2, -0.15) is 0 Å². The lowest BCUT2D eigenvalue weighted by atomic mass is 10.1. The maximum Gasteiger partial charge on any atom is 0.261 e. The summed E-state index contributed by atoms with van der Waals surface area (Å²) in [7, 11) is -0.908. The first-order chi connectivity index (χ1) is 14.3. The molecule has 0 fully saturated rings. The Morgan fingerprint density at radius 1 is 0.867 bits per heavy atom. The molecule has 3 aromatic carbocycles. The van der Waals surface area contributed by atoms with Crippen molar-refractivity contribution in [1.82, 2.24) is 0 Å². The van der Waals surface area contributed by atoms with Gasteiger partial charge in [0.1, 0.15) is 11.5 Å². The molecule has 3 rings (SSSR count). The molecule has 0 atom stereocenters. The summed E-state index contributed by atoms with van der Waals surface area (Å²) in [4.78, 5) is 12.5. The van der Waals surface area contributed by atoms with Crippen LogP contribution in [-0.4, -0.2) is 28.5 Å². The number of amides is 1. The van der Waals surface area contributed by atoms with Crippen molar-refractivity contribution in [2.45, 2.75) is 11.8 Å². The SMILES string of the molecule is COc1ccc(NS(=O)(=O)c2ccc(OC)c(NC(=O)c3ccc(C)cc3)c2)cc1. The second-order valence-electron chi connectivity index (χ2n) is 6.52. The van der Waals surface area contributed by atoms with Gasteiger partial charge in [0.05, 0.1) is 24.8 Å². The Morgan fingerprint density at radius 3 is 2.13 bits per heavy atom. The largest absolute Gasteiger partial charge is 0.497 e. The van der Waals surface area contributed by atoms with Gasteiger partial charge in [-0.25, -0.2) is 8.42 Å². The van der Waals surface area contributed by atoms with Gasteiger partial charge in [0.2, 0.25) is 0 Å². The number of ether oxygens (including phenoxy) is 2. The molecule has 2 N–H and O–H groups in total. The number of carbonyl (C=O) groups excluding carboxylic acids is 1. The average molecular weight is 426 g/mol. The van der Waals surface area contributed by atoms with Crippen LogP contribution in [0.15, 0.2) is 71.6 Å². The van der Waals surface area contributed by atoms with E-state index in [9.17, 15) is 13.2 Å². The minimum atomic E-state index is -3.88. The van der Waals surface area contributed by atoms with E-state index in [1.54, 1.807) is 36.4 Å². The fourth-order valence-corrected chi connectivity index (χ4v) is 3.81. The van der Waals surface area contributed by atoms with Gasteiger partial charge >= 0.3 is 0 Å². The summed E-state index contributed by atoms with van der Waals surface area (Å²) < 4.78 is 38.5. The Hall–Kier alpha value is -3.52. The maximum atomic E-state index is 12.8. The molecule has 0 unspecified atom stereocenters. The molecular weight excluding hydrogens is 404 g/mol. The highest BCUT2D eigenvalue weighted by Crippen LogP contribution is 2.29. The van der Waals surface area contributed by atoms with E-state index in [0.717, 1.165) is 5.56 Å². The third-order valence-electron chi connectivity index (χ3n) is 4.39. The Kier molecular flexibility index (Phi) is 6.27. The lowest BCUT2D eigenvalue weighted by Crippen LogP contribution is -2.15. The first kappa shape index (κ1) is 21.2. The minimum absolute atomic E-state index is 0.0154. The van der Waals surface area contributed by atoms with E-state index in [2.05, 4.69) is 10.0 Å². The molecule has 3 aromatic rings. The average Bonchev–Trinajstić information content (AvgIpc) is 2.74. The molecule has 0 bridgehead atoms. The summed E-state index contributed by atoms with van der Waals surface area (Å²) in [5.74, 6) is 0.591. The molecule has 0 saturated carbocycles. The van der Waals surface area contributed by atoms with Crippen LogP contribution in [0.2, 0.25) is 0 Å². The number of nitrogens with one attached hydrogen (secondary N) is 2. The lowest BCUT2D eigenvalue weighted by molar-refractivity contribution is 0.102. The molecule has 0 aliphatic carbocycles. The molecule has 1 amide bonds. The number of benzene rings is 3. The maximum absolute atomic E-state index is 12.8. The van der Waals surface area contributed by atoms with Crippen LogP contribution in [0.1, 0.15) is 15.9 Å². The van der Waals surface area contributed by atoms with Crippen LogP contribution in [0.5, 0.6) is 11.5 Å². The van der Waals surface area contributed by atoms with Gasteiger partial charge in [-0.15, -0.1) is 0 Å². The van der Waals surface area contributed by atoms with Crippen LogP contribution < -0.4 is 19.5 Å². The van der Waals surface area contributed by atoms with E-state index < -0.39 is 10.0 Å². The van der Waals surface area contributed by atoms with Crippen molar-refractivity contribution in [2.24, 2.45) is 0 Å². The quantitative estimate of drug-likeness (QED) is 0.594. The molecule has 30 heavy (non-hydrogen) atoms. The van der Waals surface area contributed by atoms with Gasteiger partial charge in [-0.3, -0.25) is 9.52 Å². The monoisotopic (exact) mass is 426 g/mol. The van der Waals surface area contributed by atoms with Crippen LogP contribution in [0, 0.1) is 6.92 Å². The fourth-order valence-electron chi connectivity index (χ4n) is 2.72. The van der Waals surface area contributed by atoms with Crippen molar-refractivity contribution in [3.8, 4) is 11.5 Å². The predicted octanol–water partition coefficient (Wildman–Crippen LogP) is 4.07. The summed E-state index contributed by atoms with van der Waals surface area (Å²) >= 11 is 0. The number of methoxy groups -OCH3 is 2. The number of sulfonamides is 1. The van der Waals surface area contributed by atoms with Crippen LogP contribution in [-0.2, 0) is 10.0 Å². The van der Waals surface area contributed by atoms with Gasteiger partial charge < -0.3 is 14.8 Å². The van der Waals surface area contributed by atoms with E-state index in [1.165, 1.54) is 32.4 Å². The summed E-state index contributed by atoms with van der Waals surface area (Å²) in [5.41, 5.74) is 2.12. The predicted molar refractivity (Wildman–Crippen MR) is 116 cm³/mol. The molecule has 0 spiro atoms. The normalized spacial score (nSPS) is 10.9. The van der Waals surface area contributed by atoms with E-state index in [4.69, 9.17) is 9.47 Å². The minimum Gasteiger partial charge on any atom is -0.497 e. The zero-order valence-electron chi connectivity index (χ0n) is 16.8. The summed E-state index contributed by atoms with van der Waals surface area (Å²) in [6.07, 6.45) is 0. The van der Waals surface area contributed by atoms with Crippen LogP contribution >= 0.6 is 0 Å². The molecule has 0 aromatic heterocycles.